The minimum atomic E-state index is 0.197. The van der Waals surface area contributed by atoms with Crippen molar-refractivity contribution >= 4 is 11.8 Å². The molecule has 1 aliphatic carbocycles. The van der Waals surface area contributed by atoms with Crippen LogP contribution in [-0.4, -0.2) is 46.7 Å². The average molecular weight is 271 g/mol. The molecule has 1 heterocycles. The summed E-state index contributed by atoms with van der Waals surface area (Å²) in [4.78, 5) is 2.63. The fourth-order valence-corrected chi connectivity index (χ4v) is 4.55. The maximum Gasteiger partial charge on any atom is 0.0499 e. The van der Waals surface area contributed by atoms with E-state index in [-0.39, 0.29) is 5.41 Å². The highest BCUT2D eigenvalue weighted by molar-refractivity contribution is 8.00. The summed E-state index contributed by atoms with van der Waals surface area (Å²) in [7, 11) is 0. The van der Waals surface area contributed by atoms with E-state index in [2.05, 4.69) is 37.4 Å². The maximum atomic E-state index is 9.88. The van der Waals surface area contributed by atoms with Gasteiger partial charge in [-0.3, -0.25) is 4.90 Å². The van der Waals surface area contributed by atoms with Crippen LogP contribution in [0, 0.1) is 11.3 Å². The monoisotopic (exact) mass is 271 g/mol. The molecule has 106 valence electrons. The second kappa shape index (κ2) is 6.15. The van der Waals surface area contributed by atoms with E-state index >= 15 is 0 Å². The van der Waals surface area contributed by atoms with Gasteiger partial charge >= 0.3 is 0 Å². The summed E-state index contributed by atoms with van der Waals surface area (Å²) in [5.41, 5.74) is 0.197. The van der Waals surface area contributed by atoms with Crippen LogP contribution in [0.2, 0.25) is 0 Å². The first-order valence-electron chi connectivity index (χ1n) is 7.53. The topological polar surface area (TPSA) is 23.5 Å². The van der Waals surface area contributed by atoms with Crippen LogP contribution in [0.4, 0.5) is 0 Å². The molecular weight excluding hydrogens is 242 g/mol. The predicted molar refractivity (Wildman–Crippen MR) is 80.1 cm³/mol. The fraction of sp³-hybridized carbons (Fsp3) is 1.00. The lowest BCUT2D eigenvalue weighted by molar-refractivity contribution is 0.0188. The summed E-state index contributed by atoms with van der Waals surface area (Å²) in [6.07, 6.45) is 5.03. The van der Waals surface area contributed by atoms with Crippen molar-refractivity contribution in [1.29, 1.82) is 0 Å². The summed E-state index contributed by atoms with van der Waals surface area (Å²) in [5.74, 6) is 2.11. The molecule has 2 nitrogen and oxygen atoms in total. The standard InChI is InChI=1S/C15H29NOS/c1-12-4-6-15(11-17,7-5-12)10-16-8-9-18-14(3)13(16)2/h12-14,17H,4-11H2,1-3H3. The Morgan fingerprint density at radius 1 is 1.22 bits per heavy atom. The van der Waals surface area contributed by atoms with Crippen LogP contribution < -0.4 is 0 Å². The molecule has 18 heavy (non-hydrogen) atoms. The first-order chi connectivity index (χ1) is 8.56. The van der Waals surface area contributed by atoms with E-state index in [1.807, 2.05) is 0 Å². The molecule has 1 saturated heterocycles. The molecule has 0 aromatic rings. The summed E-state index contributed by atoms with van der Waals surface area (Å²) < 4.78 is 0. The number of aliphatic hydroxyl groups is 1. The van der Waals surface area contributed by atoms with Gasteiger partial charge in [0.05, 0.1) is 0 Å². The van der Waals surface area contributed by atoms with Crippen molar-refractivity contribution in [3.63, 3.8) is 0 Å². The van der Waals surface area contributed by atoms with E-state index in [0.717, 1.165) is 17.7 Å². The van der Waals surface area contributed by atoms with Gasteiger partial charge in [0.25, 0.3) is 0 Å². The van der Waals surface area contributed by atoms with E-state index in [0.29, 0.717) is 12.6 Å². The Kier molecular flexibility index (Phi) is 5.01. The molecule has 1 saturated carbocycles. The second-order valence-electron chi connectivity index (χ2n) is 6.63. The zero-order chi connectivity index (χ0) is 13.2. The molecule has 0 spiro atoms. The molecular formula is C15H29NOS. The molecule has 2 rings (SSSR count). The van der Waals surface area contributed by atoms with Gasteiger partial charge in [-0.1, -0.05) is 26.7 Å². The van der Waals surface area contributed by atoms with Crippen molar-refractivity contribution in [3.8, 4) is 0 Å². The van der Waals surface area contributed by atoms with Gasteiger partial charge in [-0.05, 0) is 25.7 Å². The van der Waals surface area contributed by atoms with E-state index < -0.39 is 0 Å². The van der Waals surface area contributed by atoms with Gasteiger partial charge in [0.2, 0.25) is 0 Å². The summed E-state index contributed by atoms with van der Waals surface area (Å²) in [5, 5.41) is 10.6. The minimum Gasteiger partial charge on any atom is -0.396 e. The molecule has 3 heteroatoms. The van der Waals surface area contributed by atoms with E-state index in [9.17, 15) is 5.11 Å². The molecule has 0 aromatic heterocycles. The van der Waals surface area contributed by atoms with Crippen LogP contribution in [0.5, 0.6) is 0 Å². The lowest BCUT2D eigenvalue weighted by Gasteiger charge is -2.46. The smallest absolute Gasteiger partial charge is 0.0499 e. The highest BCUT2D eigenvalue weighted by atomic mass is 32.2. The van der Waals surface area contributed by atoms with E-state index in [4.69, 9.17) is 0 Å². The third-order valence-electron chi connectivity index (χ3n) is 5.22. The van der Waals surface area contributed by atoms with Crippen molar-refractivity contribution in [2.24, 2.45) is 11.3 Å². The quantitative estimate of drug-likeness (QED) is 0.853. The largest absolute Gasteiger partial charge is 0.396 e. The predicted octanol–water partition coefficient (Wildman–Crippen LogP) is 3.00. The Balaban J connectivity index is 1.97. The van der Waals surface area contributed by atoms with Gasteiger partial charge in [-0.2, -0.15) is 11.8 Å². The number of rotatable bonds is 3. The van der Waals surface area contributed by atoms with Crippen LogP contribution in [0.15, 0.2) is 0 Å². The highest BCUT2D eigenvalue weighted by Gasteiger charge is 2.37. The van der Waals surface area contributed by atoms with Gasteiger partial charge in [-0.15, -0.1) is 0 Å². The van der Waals surface area contributed by atoms with E-state index in [1.54, 1.807) is 0 Å². The lowest BCUT2D eigenvalue weighted by Crippen LogP contribution is -2.51. The van der Waals surface area contributed by atoms with Crippen LogP contribution in [0.25, 0.3) is 0 Å². The third kappa shape index (κ3) is 3.23. The van der Waals surface area contributed by atoms with Gasteiger partial charge in [0.1, 0.15) is 0 Å². The zero-order valence-electron chi connectivity index (χ0n) is 12.2. The molecule has 1 aliphatic heterocycles. The Labute approximate surface area is 117 Å². The van der Waals surface area contributed by atoms with Crippen LogP contribution >= 0.6 is 11.8 Å². The minimum absolute atomic E-state index is 0.197. The number of aliphatic hydroxyl groups excluding tert-OH is 1. The molecule has 0 radical (unpaired) electrons. The molecule has 1 N–H and O–H groups in total. The van der Waals surface area contributed by atoms with Crippen molar-refractivity contribution < 1.29 is 5.11 Å². The van der Waals surface area contributed by atoms with Crippen molar-refractivity contribution in [2.75, 3.05) is 25.4 Å². The van der Waals surface area contributed by atoms with Crippen LogP contribution in [-0.2, 0) is 0 Å². The molecule has 0 amide bonds. The number of hydrogen-bond acceptors (Lipinski definition) is 3. The van der Waals surface area contributed by atoms with Crippen molar-refractivity contribution in [3.05, 3.63) is 0 Å². The Hall–Kier alpha value is 0.270. The molecule has 2 unspecified atom stereocenters. The SMILES string of the molecule is CC1CCC(CO)(CN2CCSC(C)C2C)CC1. The molecule has 2 atom stereocenters. The number of thioether (sulfide) groups is 1. The average Bonchev–Trinajstić information content (AvgIpc) is 2.38. The summed E-state index contributed by atoms with van der Waals surface area (Å²) >= 11 is 2.09. The maximum absolute atomic E-state index is 9.88. The van der Waals surface area contributed by atoms with Crippen molar-refractivity contribution in [1.82, 2.24) is 4.90 Å². The van der Waals surface area contributed by atoms with Crippen LogP contribution in [0.3, 0.4) is 0 Å². The van der Waals surface area contributed by atoms with Crippen LogP contribution in [0.1, 0.15) is 46.5 Å². The molecule has 2 aliphatic rings. The second-order valence-corrected chi connectivity index (χ2v) is 8.11. The highest BCUT2D eigenvalue weighted by Crippen LogP contribution is 2.40. The molecule has 0 bridgehead atoms. The number of hydrogen-bond donors (Lipinski definition) is 1. The van der Waals surface area contributed by atoms with Crippen molar-refractivity contribution in [2.45, 2.75) is 57.7 Å². The van der Waals surface area contributed by atoms with Gasteiger partial charge in [0, 0.05) is 42.2 Å². The lowest BCUT2D eigenvalue weighted by atomic mass is 9.71. The fourth-order valence-electron chi connectivity index (χ4n) is 3.39. The third-order valence-corrected chi connectivity index (χ3v) is 6.56. The Bertz CT molecular complexity index is 263. The van der Waals surface area contributed by atoms with Gasteiger partial charge in [0.15, 0.2) is 0 Å². The van der Waals surface area contributed by atoms with Gasteiger partial charge < -0.3 is 5.11 Å². The molecule has 0 aromatic carbocycles. The Morgan fingerprint density at radius 2 is 1.89 bits per heavy atom. The van der Waals surface area contributed by atoms with Gasteiger partial charge in [-0.25, -0.2) is 0 Å². The summed E-state index contributed by atoms with van der Waals surface area (Å²) in [6.45, 7) is 9.74. The first kappa shape index (κ1) is 14.7. The normalized spacial score (nSPS) is 43.0. The zero-order valence-corrected chi connectivity index (χ0v) is 13.0. The number of nitrogens with zero attached hydrogens (tertiary/aromatic N) is 1. The summed E-state index contributed by atoms with van der Waals surface area (Å²) in [6, 6.07) is 0.659. The Morgan fingerprint density at radius 3 is 2.50 bits per heavy atom. The first-order valence-corrected chi connectivity index (χ1v) is 8.58. The van der Waals surface area contributed by atoms with E-state index in [1.165, 1.54) is 38.0 Å². The molecule has 2 fully saturated rings.